The lowest BCUT2D eigenvalue weighted by Gasteiger charge is -2.10. The summed E-state index contributed by atoms with van der Waals surface area (Å²) in [6.07, 6.45) is 1.09. The fourth-order valence-electron chi connectivity index (χ4n) is 1.66. The van der Waals surface area contributed by atoms with Crippen LogP contribution < -0.4 is 20.5 Å². The van der Waals surface area contributed by atoms with E-state index in [-0.39, 0.29) is 11.9 Å². The predicted octanol–water partition coefficient (Wildman–Crippen LogP) is 1.10. The van der Waals surface area contributed by atoms with Crippen LogP contribution in [0.15, 0.2) is 18.2 Å². The number of rotatable bonds is 7. The molecule has 1 unspecified atom stereocenters. The Bertz CT molecular complexity index is 419. The van der Waals surface area contributed by atoms with Gasteiger partial charge in [0.05, 0.1) is 14.2 Å². The van der Waals surface area contributed by atoms with Gasteiger partial charge in [-0.3, -0.25) is 4.79 Å². The van der Waals surface area contributed by atoms with Crippen molar-refractivity contribution in [1.29, 1.82) is 0 Å². The van der Waals surface area contributed by atoms with E-state index in [2.05, 4.69) is 5.32 Å². The maximum atomic E-state index is 11.6. The molecule has 0 spiro atoms. The van der Waals surface area contributed by atoms with Crippen LogP contribution in [0.5, 0.6) is 11.5 Å². The molecule has 0 bridgehead atoms. The summed E-state index contributed by atoms with van der Waals surface area (Å²) in [5, 5.41) is 2.78. The molecule has 1 rings (SSSR count). The van der Waals surface area contributed by atoms with E-state index in [1.165, 1.54) is 0 Å². The number of hydrogen-bond donors (Lipinski definition) is 2. The van der Waals surface area contributed by atoms with Crippen molar-refractivity contribution in [3.63, 3.8) is 0 Å². The zero-order valence-corrected chi connectivity index (χ0v) is 11.7. The second kappa shape index (κ2) is 7.63. The van der Waals surface area contributed by atoms with Crippen LogP contribution in [0.1, 0.15) is 18.9 Å². The predicted molar refractivity (Wildman–Crippen MR) is 74.5 cm³/mol. The van der Waals surface area contributed by atoms with Gasteiger partial charge in [-0.25, -0.2) is 0 Å². The smallest absolute Gasteiger partial charge is 0.220 e. The molecule has 5 nitrogen and oxygen atoms in total. The SMILES string of the molecule is COc1ccc(CCC(=O)NCC(C)N)cc1OC. The molecule has 0 saturated carbocycles. The number of hydrogen-bond acceptors (Lipinski definition) is 4. The van der Waals surface area contributed by atoms with Crippen molar-refractivity contribution in [3.8, 4) is 11.5 Å². The minimum absolute atomic E-state index is 0.00656. The average molecular weight is 266 g/mol. The molecule has 0 heterocycles. The molecule has 106 valence electrons. The monoisotopic (exact) mass is 266 g/mol. The van der Waals surface area contributed by atoms with Gasteiger partial charge < -0.3 is 20.5 Å². The van der Waals surface area contributed by atoms with Crippen LogP contribution in [0.4, 0.5) is 0 Å². The first-order valence-electron chi connectivity index (χ1n) is 6.30. The molecular formula is C14H22N2O3. The van der Waals surface area contributed by atoms with Gasteiger partial charge in [0.2, 0.25) is 5.91 Å². The molecule has 0 aliphatic rings. The van der Waals surface area contributed by atoms with E-state index in [0.717, 1.165) is 5.56 Å². The molecule has 1 amide bonds. The second-order valence-corrected chi connectivity index (χ2v) is 4.47. The van der Waals surface area contributed by atoms with Crippen LogP contribution in [0, 0.1) is 0 Å². The van der Waals surface area contributed by atoms with Gasteiger partial charge in [0.1, 0.15) is 0 Å². The third-order valence-corrected chi connectivity index (χ3v) is 2.71. The standard InChI is InChI=1S/C14H22N2O3/c1-10(15)9-16-14(17)7-5-11-4-6-12(18-2)13(8-11)19-3/h4,6,8,10H,5,7,9,15H2,1-3H3,(H,16,17). The van der Waals surface area contributed by atoms with Crippen molar-refractivity contribution in [2.45, 2.75) is 25.8 Å². The molecular weight excluding hydrogens is 244 g/mol. The largest absolute Gasteiger partial charge is 0.493 e. The number of carbonyl (C=O) groups excluding carboxylic acids is 1. The van der Waals surface area contributed by atoms with Crippen LogP contribution in [0.25, 0.3) is 0 Å². The minimum atomic E-state index is -0.0231. The lowest BCUT2D eigenvalue weighted by molar-refractivity contribution is -0.121. The fraction of sp³-hybridized carbons (Fsp3) is 0.500. The molecule has 0 aliphatic heterocycles. The van der Waals surface area contributed by atoms with E-state index in [0.29, 0.717) is 30.9 Å². The summed E-state index contributed by atoms with van der Waals surface area (Å²) in [5.74, 6) is 1.37. The van der Waals surface area contributed by atoms with Crippen molar-refractivity contribution >= 4 is 5.91 Å². The van der Waals surface area contributed by atoms with Gasteiger partial charge in [-0.05, 0) is 31.0 Å². The molecule has 0 radical (unpaired) electrons. The summed E-state index contributed by atoms with van der Waals surface area (Å²) < 4.78 is 10.4. The lowest BCUT2D eigenvalue weighted by Crippen LogP contribution is -2.35. The Morgan fingerprint density at radius 2 is 2.00 bits per heavy atom. The quantitative estimate of drug-likeness (QED) is 0.775. The Kier molecular flexibility index (Phi) is 6.15. The summed E-state index contributed by atoms with van der Waals surface area (Å²) in [6.45, 7) is 2.36. The summed E-state index contributed by atoms with van der Waals surface area (Å²) in [6, 6.07) is 5.64. The fourth-order valence-corrected chi connectivity index (χ4v) is 1.66. The van der Waals surface area contributed by atoms with Crippen LogP contribution in [0.2, 0.25) is 0 Å². The lowest BCUT2D eigenvalue weighted by atomic mass is 10.1. The first kappa shape index (κ1) is 15.3. The van der Waals surface area contributed by atoms with E-state index >= 15 is 0 Å². The van der Waals surface area contributed by atoms with Crippen LogP contribution in [-0.4, -0.2) is 32.7 Å². The Morgan fingerprint density at radius 1 is 1.32 bits per heavy atom. The van der Waals surface area contributed by atoms with Gasteiger partial charge in [-0.1, -0.05) is 6.07 Å². The Morgan fingerprint density at radius 3 is 2.58 bits per heavy atom. The number of amides is 1. The molecule has 1 aromatic rings. The number of nitrogens with two attached hydrogens (primary N) is 1. The summed E-state index contributed by atoms with van der Waals surface area (Å²) >= 11 is 0. The average Bonchev–Trinajstić information content (AvgIpc) is 2.42. The van der Waals surface area contributed by atoms with Gasteiger partial charge in [0.15, 0.2) is 11.5 Å². The van der Waals surface area contributed by atoms with Crippen molar-refractivity contribution in [2.75, 3.05) is 20.8 Å². The van der Waals surface area contributed by atoms with E-state index in [4.69, 9.17) is 15.2 Å². The summed E-state index contributed by atoms with van der Waals surface area (Å²) in [7, 11) is 3.19. The maximum Gasteiger partial charge on any atom is 0.220 e. The second-order valence-electron chi connectivity index (χ2n) is 4.47. The van der Waals surface area contributed by atoms with Crippen molar-refractivity contribution in [2.24, 2.45) is 5.73 Å². The van der Waals surface area contributed by atoms with E-state index < -0.39 is 0 Å². The molecule has 0 fully saturated rings. The zero-order chi connectivity index (χ0) is 14.3. The minimum Gasteiger partial charge on any atom is -0.493 e. The van der Waals surface area contributed by atoms with E-state index in [9.17, 15) is 4.79 Å². The van der Waals surface area contributed by atoms with Gasteiger partial charge in [0.25, 0.3) is 0 Å². The number of carbonyl (C=O) groups is 1. The van der Waals surface area contributed by atoms with Gasteiger partial charge in [-0.2, -0.15) is 0 Å². The molecule has 5 heteroatoms. The third kappa shape index (κ3) is 5.18. The maximum absolute atomic E-state index is 11.6. The van der Waals surface area contributed by atoms with Crippen molar-refractivity contribution in [3.05, 3.63) is 23.8 Å². The number of benzene rings is 1. The zero-order valence-electron chi connectivity index (χ0n) is 11.7. The molecule has 0 aliphatic carbocycles. The van der Waals surface area contributed by atoms with Gasteiger partial charge >= 0.3 is 0 Å². The van der Waals surface area contributed by atoms with E-state index in [1.54, 1.807) is 14.2 Å². The summed E-state index contributed by atoms with van der Waals surface area (Å²) in [4.78, 5) is 11.6. The van der Waals surface area contributed by atoms with E-state index in [1.807, 2.05) is 25.1 Å². The summed E-state index contributed by atoms with van der Waals surface area (Å²) in [5.41, 5.74) is 6.61. The van der Waals surface area contributed by atoms with Crippen molar-refractivity contribution < 1.29 is 14.3 Å². The Hall–Kier alpha value is -1.75. The Balaban J connectivity index is 2.51. The first-order valence-corrected chi connectivity index (χ1v) is 6.30. The molecule has 0 saturated heterocycles. The first-order chi connectivity index (χ1) is 9.06. The van der Waals surface area contributed by atoms with Gasteiger partial charge in [-0.15, -0.1) is 0 Å². The molecule has 3 N–H and O–H groups in total. The van der Waals surface area contributed by atoms with Crippen LogP contribution >= 0.6 is 0 Å². The van der Waals surface area contributed by atoms with Crippen LogP contribution in [0.3, 0.4) is 0 Å². The topological polar surface area (TPSA) is 73.6 Å². The highest BCUT2D eigenvalue weighted by Gasteiger charge is 2.07. The number of nitrogens with one attached hydrogen (secondary N) is 1. The van der Waals surface area contributed by atoms with Crippen LogP contribution in [-0.2, 0) is 11.2 Å². The molecule has 0 aromatic heterocycles. The highest BCUT2D eigenvalue weighted by Crippen LogP contribution is 2.27. The number of aryl methyl sites for hydroxylation is 1. The molecule has 1 atom stereocenters. The Labute approximate surface area is 114 Å². The highest BCUT2D eigenvalue weighted by atomic mass is 16.5. The van der Waals surface area contributed by atoms with Gasteiger partial charge in [0, 0.05) is 19.0 Å². The molecule has 19 heavy (non-hydrogen) atoms. The highest BCUT2D eigenvalue weighted by molar-refractivity contribution is 5.76. The number of ether oxygens (including phenoxy) is 2. The molecule has 1 aromatic carbocycles. The number of methoxy groups -OCH3 is 2. The van der Waals surface area contributed by atoms with Crippen molar-refractivity contribution in [1.82, 2.24) is 5.32 Å². The normalized spacial score (nSPS) is 11.8. The third-order valence-electron chi connectivity index (χ3n) is 2.71.